The molecule has 5 heteroatoms. The van der Waals surface area contributed by atoms with E-state index in [-0.39, 0.29) is 24.4 Å². The number of nitrogens with one attached hydrogen (secondary N) is 2. The number of amides is 1. The molecule has 4 nitrogen and oxygen atoms in total. The molecule has 17 heavy (non-hydrogen) atoms. The number of benzene rings is 1. The van der Waals surface area contributed by atoms with E-state index >= 15 is 0 Å². The molecule has 1 unspecified atom stereocenters. The third kappa shape index (κ3) is 4.34. The summed E-state index contributed by atoms with van der Waals surface area (Å²) in [5.74, 6) is -0.0453. The fourth-order valence-electron chi connectivity index (χ4n) is 1.63. The molecule has 1 aliphatic rings. The van der Waals surface area contributed by atoms with Crippen molar-refractivity contribution in [1.29, 1.82) is 0 Å². The average molecular weight is 257 g/mol. The molecule has 1 aliphatic heterocycles. The van der Waals surface area contributed by atoms with Gasteiger partial charge < -0.3 is 15.4 Å². The molecule has 1 aromatic rings. The molecule has 0 aromatic heterocycles. The molecule has 1 fully saturated rings. The Kier molecular flexibility index (Phi) is 5.97. The predicted octanol–water partition coefficient (Wildman–Crippen LogP) is 0.713. The van der Waals surface area contributed by atoms with Crippen LogP contribution >= 0.6 is 12.4 Å². The summed E-state index contributed by atoms with van der Waals surface area (Å²) < 4.78 is 5.35. The van der Waals surface area contributed by atoms with Crippen LogP contribution in [-0.2, 0) is 16.1 Å². The van der Waals surface area contributed by atoms with Crippen molar-refractivity contribution in [2.75, 3.05) is 19.7 Å². The third-order valence-electron chi connectivity index (χ3n) is 2.53. The monoisotopic (exact) mass is 256 g/mol. The van der Waals surface area contributed by atoms with Gasteiger partial charge in [-0.2, -0.15) is 0 Å². The minimum absolute atomic E-state index is 0. The van der Waals surface area contributed by atoms with E-state index in [9.17, 15) is 4.79 Å². The normalized spacial score (nSPS) is 19.2. The van der Waals surface area contributed by atoms with Crippen LogP contribution in [-0.4, -0.2) is 31.7 Å². The lowest BCUT2D eigenvalue weighted by molar-refractivity contribution is -0.134. The van der Waals surface area contributed by atoms with Crippen molar-refractivity contribution >= 4 is 18.3 Å². The van der Waals surface area contributed by atoms with Crippen molar-refractivity contribution in [2.45, 2.75) is 12.6 Å². The Balaban J connectivity index is 0.00000144. The number of halogens is 1. The van der Waals surface area contributed by atoms with Crippen LogP contribution in [0.4, 0.5) is 0 Å². The van der Waals surface area contributed by atoms with Gasteiger partial charge in [0.25, 0.3) is 5.91 Å². The van der Waals surface area contributed by atoms with Crippen molar-refractivity contribution in [3.8, 4) is 0 Å². The van der Waals surface area contributed by atoms with Crippen molar-refractivity contribution < 1.29 is 9.53 Å². The molecule has 94 valence electrons. The molecule has 2 rings (SSSR count). The molecule has 0 aliphatic carbocycles. The second kappa shape index (κ2) is 7.27. The highest BCUT2D eigenvalue weighted by Gasteiger charge is 2.20. The first-order valence-electron chi connectivity index (χ1n) is 5.50. The number of ether oxygens (including phenoxy) is 1. The van der Waals surface area contributed by atoms with Crippen LogP contribution in [0.5, 0.6) is 0 Å². The lowest BCUT2D eigenvalue weighted by atomic mass is 10.2. The molecule has 1 aromatic carbocycles. The standard InChI is InChI=1S/C12H16N2O2.ClH/c15-12(11-9-13-6-7-16-11)14-8-10-4-2-1-3-5-10;/h1-5,11,13H,6-9H2,(H,14,15);1H. The Morgan fingerprint density at radius 1 is 1.41 bits per heavy atom. The highest BCUT2D eigenvalue weighted by atomic mass is 35.5. The summed E-state index contributed by atoms with van der Waals surface area (Å²) in [6.07, 6.45) is -0.350. The molecule has 2 N–H and O–H groups in total. The summed E-state index contributed by atoms with van der Waals surface area (Å²) in [5, 5.41) is 5.99. The summed E-state index contributed by atoms with van der Waals surface area (Å²) in [5.41, 5.74) is 1.10. The van der Waals surface area contributed by atoms with Crippen LogP contribution in [0.2, 0.25) is 0 Å². The Labute approximate surface area is 107 Å². The van der Waals surface area contributed by atoms with E-state index in [1.54, 1.807) is 0 Å². The SMILES string of the molecule is Cl.O=C(NCc1ccccc1)C1CNCCO1. The highest BCUT2D eigenvalue weighted by Crippen LogP contribution is 2.00. The van der Waals surface area contributed by atoms with Gasteiger partial charge in [0, 0.05) is 19.6 Å². The van der Waals surface area contributed by atoms with Gasteiger partial charge in [-0.15, -0.1) is 12.4 Å². The maximum absolute atomic E-state index is 11.7. The summed E-state index contributed by atoms with van der Waals surface area (Å²) in [6, 6.07) is 9.85. The number of carbonyl (C=O) groups excluding carboxylic acids is 1. The van der Waals surface area contributed by atoms with E-state index in [0.717, 1.165) is 12.1 Å². The van der Waals surface area contributed by atoms with Crippen molar-refractivity contribution in [2.24, 2.45) is 0 Å². The smallest absolute Gasteiger partial charge is 0.250 e. The van der Waals surface area contributed by atoms with Crippen LogP contribution in [0.1, 0.15) is 5.56 Å². The number of hydrogen-bond acceptors (Lipinski definition) is 3. The van der Waals surface area contributed by atoms with Crippen LogP contribution in [0.3, 0.4) is 0 Å². The quantitative estimate of drug-likeness (QED) is 0.838. The van der Waals surface area contributed by atoms with Gasteiger partial charge in [-0.05, 0) is 5.56 Å². The van der Waals surface area contributed by atoms with E-state index < -0.39 is 0 Å². The Bertz CT molecular complexity index is 340. The fourth-order valence-corrected chi connectivity index (χ4v) is 1.63. The van der Waals surface area contributed by atoms with Gasteiger partial charge >= 0.3 is 0 Å². The third-order valence-corrected chi connectivity index (χ3v) is 2.53. The zero-order valence-corrected chi connectivity index (χ0v) is 10.3. The van der Waals surface area contributed by atoms with E-state index in [2.05, 4.69) is 10.6 Å². The van der Waals surface area contributed by atoms with Crippen LogP contribution in [0, 0.1) is 0 Å². The van der Waals surface area contributed by atoms with Crippen LogP contribution < -0.4 is 10.6 Å². The first-order valence-corrected chi connectivity index (χ1v) is 5.50. The van der Waals surface area contributed by atoms with Crippen molar-refractivity contribution in [3.05, 3.63) is 35.9 Å². The summed E-state index contributed by atoms with van der Waals surface area (Å²) in [7, 11) is 0. The first-order chi connectivity index (χ1) is 7.86. The number of rotatable bonds is 3. The summed E-state index contributed by atoms with van der Waals surface area (Å²) in [4.78, 5) is 11.7. The zero-order chi connectivity index (χ0) is 11.2. The van der Waals surface area contributed by atoms with Gasteiger partial charge in [0.1, 0.15) is 6.10 Å². The molecule has 1 saturated heterocycles. The van der Waals surface area contributed by atoms with Crippen molar-refractivity contribution in [3.63, 3.8) is 0 Å². The highest BCUT2D eigenvalue weighted by molar-refractivity contribution is 5.85. The van der Waals surface area contributed by atoms with Gasteiger partial charge in [-0.1, -0.05) is 30.3 Å². The number of hydrogen-bond donors (Lipinski definition) is 2. The largest absolute Gasteiger partial charge is 0.366 e. The number of morpholine rings is 1. The van der Waals surface area contributed by atoms with Gasteiger partial charge in [-0.25, -0.2) is 0 Å². The zero-order valence-electron chi connectivity index (χ0n) is 9.52. The van der Waals surface area contributed by atoms with E-state index in [1.165, 1.54) is 0 Å². The van der Waals surface area contributed by atoms with Gasteiger partial charge in [0.2, 0.25) is 0 Å². The molecule has 1 atom stereocenters. The molecule has 0 saturated carbocycles. The summed E-state index contributed by atoms with van der Waals surface area (Å²) >= 11 is 0. The lowest BCUT2D eigenvalue weighted by Crippen LogP contribution is -2.47. The second-order valence-electron chi connectivity index (χ2n) is 3.77. The lowest BCUT2D eigenvalue weighted by Gasteiger charge is -2.22. The molecule has 1 amide bonds. The topological polar surface area (TPSA) is 50.4 Å². The summed E-state index contributed by atoms with van der Waals surface area (Å²) in [6.45, 7) is 2.58. The molecular weight excluding hydrogens is 240 g/mol. The molecule has 1 heterocycles. The molecule has 0 spiro atoms. The molecule has 0 radical (unpaired) electrons. The van der Waals surface area contributed by atoms with Gasteiger partial charge in [-0.3, -0.25) is 4.79 Å². The van der Waals surface area contributed by atoms with E-state index in [4.69, 9.17) is 4.74 Å². The minimum atomic E-state index is -0.350. The average Bonchev–Trinajstić information content (AvgIpc) is 2.38. The fraction of sp³-hybridized carbons (Fsp3) is 0.417. The van der Waals surface area contributed by atoms with Crippen LogP contribution in [0.25, 0.3) is 0 Å². The van der Waals surface area contributed by atoms with Gasteiger partial charge in [0.05, 0.1) is 6.61 Å². The van der Waals surface area contributed by atoms with E-state index in [0.29, 0.717) is 19.7 Å². The first kappa shape index (κ1) is 14.0. The maximum Gasteiger partial charge on any atom is 0.250 e. The minimum Gasteiger partial charge on any atom is -0.366 e. The predicted molar refractivity (Wildman–Crippen MR) is 68.1 cm³/mol. The Morgan fingerprint density at radius 2 is 2.18 bits per heavy atom. The van der Waals surface area contributed by atoms with Crippen LogP contribution in [0.15, 0.2) is 30.3 Å². The van der Waals surface area contributed by atoms with E-state index in [1.807, 2.05) is 30.3 Å². The molecule has 0 bridgehead atoms. The van der Waals surface area contributed by atoms with Gasteiger partial charge in [0.15, 0.2) is 0 Å². The Morgan fingerprint density at radius 3 is 2.82 bits per heavy atom. The second-order valence-corrected chi connectivity index (χ2v) is 3.77. The van der Waals surface area contributed by atoms with Crippen molar-refractivity contribution in [1.82, 2.24) is 10.6 Å². The number of carbonyl (C=O) groups is 1. The Hall–Kier alpha value is -1.10. The molecular formula is C12H17ClN2O2. The maximum atomic E-state index is 11.7.